The number of ketones is 1. The molecule has 0 aliphatic rings. The van der Waals surface area contributed by atoms with Crippen LogP contribution in [-0.2, 0) is 4.79 Å². The second kappa shape index (κ2) is 4.94. The predicted molar refractivity (Wildman–Crippen MR) is 74.2 cm³/mol. The van der Waals surface area contributed by atoms with E-state index in [1.54, 1.807) is 18.2 Å². The number of hydrogen-bond donors (Lipinski definition) is 0. The first-order valence-corrected chi connectivity index (χ1v) is 6.95. The Labute approximate surface area is 115 Å². The van der Waals surface area contributed by atoms with Crippen molar-refractivity contribution in [1.29, 1.82) is 0 Å². The summed E-state index contributed by atoms with van der Waals surface area (Å²) in [5, 5.41) is 1.13. The standard InChI is InChI=1S/C13H14ClNO2S/c1-13(2,3)11(16)7-18-12-15-9-6-8(14)4-5-10(9)17-12/h4-6H,7H2,1-3H3. The van der Waals surface area contributed by atoms with E-state index >= 15 is 0 Å². The van der Waals surface area contributed by atoms with Crippen LogP contribution >= 0.6 is 23.4 Å². The fourth-order valence-corrected chi connectivity index (χ4v) is 2.45. The number of aromatic nitrogens is 1. The topological polar surface area (TPSA) is 43.1 Å². The van der Waals surface area contributed by atoms with Crippen molar-refractivity contribution < 1.29 is 9.21 Å². The molecule has 0 fully saturated rings. The van der Waals surface area contributed by atoms with Crippen molar-refractivity contribution in [1.82, 2.24) is 4.98 Å². The van der Waals surface area contributed by atoms with Gasteiger partial charge in [0, 0.05) is 10.4 Å². The van der Waals surface area contributed by atoms with Gasteiger partial charge in [0.15, 0.2) is 5.58 Å². The molecule has 18 heavy (non-hydrogen) atoms. The van der Waals surface area contributed by atoms with E-state index in [-0.39, 0.29) is 11.2 Å². The molecule has 0 aliphatic heterocycles. The molecule has 0 aliphatic carbocycles. The molecule has 96 valence electrons. The van der Waals surface area contributed by atoms with E-state index < -0.39 is 0 Å². The Kier molecular flexibility index (Phi) is 3.69. The third-order valence-electron chi connectivity index (χ3n) is 2.49. The zero-order chi connectivity index (χ0) is 13.3. The number of carbonyl (C=O) groups is 1. The van der Waals surface area contributed by atoms with Gasteiger partial charge in [-0.3, -0.25) is 4.79 Å². The highest BCUT2D eigenvalue weighted by Crippen LogP contribution is 2.27. The second-order valence-corrected chi connectivity index (χ2v) is 6.42. The Morgan fingerprint density at radius 3 is 2.83 bits per heavy atom. The van der Waals surface area contributed by atoms with Crippen molar-refractivity contribution in [3.8, 4) is 0 Å². The van der Waals surface area contributed by atoms with Crippen molar-refractivity contribution >= 4 is 40.2 Å². The summed E-state index contributed by atoms with van der Waals surface area (Å²) >= 11 is 7.19. The van der Waals surface area contributed by atoms with Crippen LogP contribution in [0.5, 0.6) is 0 Å². The molecular weight excluding hydrogens is 270 g/mol. The van der Waals surface area contributed by atoms with Crippen molar-refractivity contribution in [3.05, 3.63) is 23.2 Å². The molecule has 0 bridgehead atoms. The molecule has 0 radical (unpaired) electrons. The number of halogens is 1. The zero-order valence-corrected chi connectivity index (χ0v) is 12.1. The maximum absolute atomic E-state index is 11.8. The van der Waals surface area contributed by atoms with Crippen molar-refractivity contribution in [3.63, 3.8) is 0 Å². The van der Waals surface area contributed by atoms with E-state index in [0.717, 1.165) is 0 Å². The molecule has 0 saturated heterocycles. The molecule has 5 heteroatoms. The van der Waals surface area contributed by atoms with Gasteiger partial charge in [-0.05, 0) is 18.2 Å². The Hall–Kier alpha value is -1.00. The number of fused-ring (bicyclic) bond motifs is 1. The van der Waals surface area contributed by atoms with Gasteiger partial charge in [0.25, 0.3) is 5.22 Å². The maximum Gasteiger partial charge on any atom is 0.257 e. The van der Waals surface area contributed by atoms with Gasteiger partial charge in [-0.1, -0.05) is 44.1 Å². The van der Waals surface area contributed by atoms with Gasteiger partial charge in [-0.25, -0.2) is 4.98 Å². The largest absolute Gasteiger partial charge is 0.431 e. The Morgan fingerprint density at radius 1 is 1.44 bits per heavy atom. The molecule has 3 nitrogen and oxygen atoms in total. The number of nitrogens with zero attached hydrogens (tertiary/aromatic N) is 1. The lowest BCUT2D eigenvalue weighted by Gasteiger charge is -2.14. The van der Waals surface area contributed by atoms with Gasteiger partial charge in [-0.15, -0.1) is 0 Å². The van der Waals surface area contributed by atoms with Crippen LogP contribution in [0.2, 0.25) is 5.02 Å². The maximum atomic E-state index is 11.8. The van der Waals surface area contributed by atoms with Crippen LogP contribution in [0, 0.1) is 5.41 Å². The number of thioether (sulfide) groups is 1. The van der Waals surface area contributed by atoms with Crippen molar-refractivity contribution in [2.24, 2.45) is 5.41 Å². The lowest BCUT2D eigenvalue weighted by molar-refractivity contribution is -0.123. The highest BCUT2D eigenvalue weighted by molar-refractivity contribution is 7.99. The van der Waals surface area contributed by atoms with E-state index in [0.29, 0.717) is 27.1 Å². The number of carbonyl (C=O) groups excluding carboxylic acids is 1. The summed E-state index contributed by atoms with van der Waals surface area (Å²) < 4.78 is 5.53. The molecule has 0 N–H and O–H groups in total. The van der Waals surface area contributed by atoms with Gasteiger partial charge >= 0.3 is 0 Å². The molecule has 0 amide bonds. The molecule has 1 aromatic heterocycles. The minimum atomic E-state index is -0.331. The summed E-state index contributed by atoms with van der Waals surface area (Å²) in [7, 11) is 0. The predicted octanol–water partition coefficient (Wildman–Crippen LogP) is 4.19. The van der Waals surface area contributed by atoms with Crippen LogP contribution < -0.4 is 0 Å². The molecule has 2 rings (SSSR count). The lowest BCUT2D eigenvalue weighted by atomic mass is 9.92. The SMILES string of the molecule is CC(C)(C)C(=O)CSc1nc2cc(Cl)ccc2o1. The fraction of sp³-hybridized carbons (Fsp3) is 0.385. The van der Waals surface area contributed by atoms with Crippen LogP contribution in [0.15, 0.2) is 27.8 Å². The summed E-state index contributed by atoms with van der Waals surface area (Å²) in [6.07, 6.45) is 0. The number of benzene rings is 1. The highest BCUT2D eigenvalue weighted by Gasteiger charge is 2.21. The van der Waals surface area contributed by atoms with E-state index in [1.807, 2.05) is 20.8 Å². The van der Waals surface area contributed by atoms with E-state index in [4.69, 9.17) is 16.0 Å². The average molecular weight is 284 g/mol. The Morgan fingerprint density at radius 2 is 2.17 bits per heavy atom. The van der Waals surface area contributed by atoms with Crippen molar-refractivity contribution in [2.45, 2.75) is 26.0 Å². The van der Waals surface area contributed by atoms with Crippen LogP contribution in [0.25, 0.3) is 11.1 Å². The summed E-state index contributed by atoms with van der Waals surface area (Å²) in [6, 6.07) is 5.28. The zero-order valence-electron chi connectivity index (χ0n) is 10.5. The third kappa shape index (κ3) is 3.06. The number of Topliss-reactive ketones (excluding diaryl/α,β-unsaturated/α-hetero) is 1. The number of rotatable bonds is 3. The first kappa shape index (κ1) is 13.4. The van der Waals surface area contributed by atoms with Crippen LogP contribution in [0.4, 0.5) is 0 Å². The van der Waals surface area contributed by atoms with Crippen LogP contribution in [0.1, 0.15) is 20.8 Å². The first-order valence-electron chi connectivity index (χ1n) is 5.58. The number of oxazole rings is 1. The molecule has 1 aromatic carbocycles. The van der Waals surface area contributed by atoms with E-state index in [2.05, 4.69) is 4.98 Å². The molecule has 0 unspecified atom stereocenters. The fourth-order valence-electron chi connectivity index (χ4n) is 1.28. The summed E-state index contributed by atoms with van der Waals surface area (Å²) in [4.78, 5) is 16.1. The van der Waals surface area contributed by atoms with E-state index in [9.17, 15) is 4.79 Å². The monoisotopic (exact) mass is 283 g/mol. The smallest absolute Gasteiger partial charge is 0.257 e. The van der Waals surface area contributed by atoms with Gasteiger partial charge in [0.2, 0.25) is 0 Å². The van der Waals surface area contributed by atoms with E-state index in [1.165, 1.54) is 11.8 Å². The summed E-state index contributed by atoms with van der Waals surface area (Å²) in [5.74, 6) is 0.539. The van der Waals surface area contributed by atoms with Gasteiger partial charge in [0.05, 0.1) is 5.75 Å². The second-order valence-electron chi connectivity index (χ2n) is 5.05. The van der Waals surface area contributed by atoms with Gasteiger partial charge in [-0.2, -0.15) is 0 Å². The molecule has 0 spiro atoms. The van der Waals surface area contributed by atoms with Crippen LogP contribution in [-0.4, -0.2) is 16.5 Å². The number of hydrogen-bond acceptors (Lipinski definition) is 4. The molecular formula is C13H14ClNO2S. The minimum absolute atomic E-state index is 0.174. The quantitative estimate of drug-likeness (QED) is 0.792. The normalized spacial score (nSPS) is 12.0. The average Bonchev–Trinajstić information content (AvgIpc) is 2.66. The van der Waals surface area contributed by atoms with Crippen molar-refractivity contribution in [2.75, 3.05) is 5.75 Å². The minimum Gasteiger partial charge on any atom is -0.431 e. The molecule has 2 aromatic rings. The molecule has 0 atom stereocenters. The molecule has 0 saturated carbocycles. The Bertz CT molecular complexity index is 586. The third-order valence-corrected chi connectivity index (χ3v) is 3.56. The summed E-state index contributed by atoms with van der Waals surface area (Å²) in [6.45, 7) is 5.71. The van der Waals surface area contributed by atoms with Gasteiger partial charge in [0.1, 0.15) is 11.3 Å². The molecule has 1 heterocycles. The summed E-state index contributed by atoms with van der Waals surface area (Å²) in [5.41, 5.74) is 1.07. The Balaban J connectivity index is 2.11. The van der Waals surface area contributed by atoms with Gasteiger partial charge < -0.3 is 4.42 Å². The lowest BCUT2D eigenvalue weighted by Crippen LogP contribution is -2.21. The highest BCUT2D eigenvalue weighted by atomic mass is 35.5. The first-order chi connectivity index (χ1) is 8.36. The van der Waals surface area contributed by atoms with Crippen LogP contribution in [0.3, 0.4) is 0 Å².